The molecule has 1 aromatic rings. The van der Waals surface area contributed by atoms with Crippen LogP contribution in [-0.4, -0.2) is 15.9 Å². The van der Waals surface area contributed by atoms with E-state index in [-0.39, 0.29) is 10.8 Å². The van der Waals surface area contributed by atoms with E-state index in [9.17, 15) is 10.1 Å². The van der Waals surface area contributed by atoms with E-state index in [0.717, 1.165) is 12.8 Å². The second-order valence-corrected chi connectivity index (χ2v) is 4.71. The predicted octanol–water partition coefficient (Wildman–Crippen LogP) is 3.24. The highest BCUT2D eigenvalue weighted by Gasteiger charge is 2.36. The standard InChI is InChI=1S/C11H14ClN3O2/c1-2-3-7-4-9(7)13-11-6-8(15(16)17)5-10(12)14-11/h5-7,9H,2-4H2,1H3,(H,13,14). The molecule has 6 heteroatoms. The highest BCUT2D eigenvalue weighted by molar-refractivity contribution is 6.29. The van der Waals surface area contributed by atoms with Gasteiger partial charge in [-0.15, -0.1) is 0 Å². The molecule has 1 aromatic heterocycles. The van der Waals surface area contributed by atoms with E-state index in [4.69, 9.17) is 11.6 Å². The Labute approximate surface area is 104 Å². The molecule has 92 valence electrons. The van der Waals surface area contributed by atoms with Gasteiger partial charge in [0.25, 0.3) is 5.69 Å². The zero-order chi connectivity index (χ0) is 12.4. The fraction of sp³-hybridized carbons (Fsp3) is 0.545. The van der Waals surface area contributed by atoms with E-state index in [0.29, 0.717) is 17.8 Å². The fourth-order valence-corrected chi connectivity index (χ4v) is 2.17. The topological polar surface area (TPSA) is 68.1 Å². The van der Waals surface area contributed by atoms with Crippen LogP contribution in [0.1, 0.15) is 26.2 Å². The van der Waals surface area contributed by atoms with Crippen LogP contribution >= 0.6 is 11.6 Å². The van der Waals surface area contributed by atoms with Gasteiger partial charge in [-0.25, -0.2) is 4.98 Å². The van der Waals surface area contributed by atoms with Gasteiger partial charge in [0, 0.05) is 6.04 Å². The summed E-state index contributed by atoms with van der Waals surface area (Å²) in [5.74, 6) is 1.16. The molecule has 1 N–H and O–H groups in total. The summed E-state index contributed by atoms with van der Waals surface area (Å²) in [4.78, 5) is 14.2. The number of nitrogens with zero attached hydrogens (tertiary/aromatic N) is 2. The van der Waals surface area contributed by atoms with Crippen LogP contribution in [0.2, 0.25) is 5.15 Å². The van der Waals surface area contributed by atoms with Crippen molar-refractivity contribution < 1.29 is 4.92 Å². The molecule has 0 aliphatic heterocycles. The van der Waals surface area contributed by atoms with Gasteiger partial charge in [-0.2, -0.15) is 0 Å². The molecule has 5 nitrogen and oxygen atoms in total. The highest BCUT2D eigenvalue weighted by atomic mass is 35.5. The van der Waals surface area contributed by atoms with Crippen LogP contribution in [0.3, 0.4) is 0 Å². The summed E-state index contributed by atoms with van der Waals surface area (Å²) < 4.78 is 0. The molecular weight excluding hydrogens is 242 g/mol. The van der Waals surface area contributed by atoms with Crippen molar-refractivity contribution in [1.82, 2.24) is 4.98 Å². The van der Waals surface area contributed by atoms with Gasteiger partial charge in [0.1, 0.15) is 11.0 Å². The summed E-state index contributed by atoms with van der Waals surface area (Å²) in [5, 5.41) is 14.0. The van der Waals surface area contributed by atoms with Crippen molar-refractivity contribution in [3.8, 4) is 0 Å². The molecule has 1 heterocycles. The number of halogens is 1. The van der Waals surface area contributed by atoms with Crippen LogP contribution in [0.5, 0.6) is 0 Å². The first-order valence-corrected chi connectivity index (χ1v) is 6.06. The minimum Gasteiger partial charge on any atom is -0.367 e. The van der Waals surface area contributed by atoms with Gasteiger partial charge in [0.05, 0.1) is 17.1 Å². The van der Waals surface area contributed by atoms with Crippen molar-refractivity contribution >= 4 is 23.1 Å². The Morgan fingerprint density at radius 1 is 1.65 bits per heavy atom. The maximum atomic E-state index is 10.7. The third-order valence-electron chi connectivity index (χ3n) is 2.90. The smallest absolute Gasteiger partial charge is 0.276 e. The molecule has 1 aliphatic carbocycles. The number of nitro groups is 1. The molecule has 0 amide bonds. The van der Waals surface area contributed by atoms with E-state index in [2.05, 4.69) is 17.2 Å². The zero-order valence-electron chi connectivity index (χ0n) is 9.52. The maximum Gasteiger partial charge on any atom is 0.276 e. The Kier molecular flexibility index (Phi) is 3.47. The first-order chi connectivity index (χ1) is 8.10. The summed E-state index contributed by atoms with van der Waals surface area (Å²) >= 11 is 5.74. The quantitative estimate of drug-likeness (QED) is 0.498. The SMILES string of the molecule is CCCC1CC1Nc1cc([N+](=O)[O-])cc(Cl)n1. The lowest BCUT2D eigenvalue weighted by Crippen LogP contribution is -2.06. The van der Waals surface area contributed by atoms with Crippen LogP contribution in [-0.2, 0) is 0 Å². The number of hydrogen-bond acceptors (Lipinski definition) is 4. The molecule has 2 rings (SSSR count). The van der Waals surface area contributed by atoms with Gasteiger partial charge in [-0.05, 0) is 18.8 Å². The Morgan fingerprint density at radius 2 is 2.41 bits per heavy atom. The molecule has 1 saturated carbocycles. The normalized spacial score (nSPS) is 22.2. The molecule has 0 saturated heterocycles. The molecule has 0 spiro atoms. The number of anilines is 1. The molecule has 0 radical (unpaired) electrons. The molecule has 1 aliphatic rings. The minimum absolute atomic E-state index is 0.0276. The van der Waals surface area contributed by atoms with Crippen molar-refractivity contribution in [3.63, 3.8) is 0 Å². The lowest BCUT2D eigenvalue weighted by molar-refractivity contribution is -0.384. The van der Waals surface area contributed by atoms with Crippen LogP contribution in [0.4, 0.5) is 11.5 Å². The highest BCUT2D eigenvalue weighted by Crippen LogP contribution is 2.37. The predicted molar refractivity (Wildman–Crippen MR) is 66.3 cm³/mol. The summed E-state index contributed by atoms with van der Waals surface area (Å²) in [6.07, 6.45) is 3.45. The average molecular weight is 256 g/mol. The van der Waals surface area contributed by atoms with Gasteiger partial charge in [-0.3, -0.25) is 10.1 Å². The second kappa shape index (κ2) is 4.87. The number of rotatable bonds is 5. The summed E-state index contributed by atoms with van der Waals surface area (Å²) in [7, 11) is 0. The molecule has 1 fully saturated rings. The Balaban J connectivity index is 2.04. The minimum atomic E-state index is -0.463. The van der Waals surface area contributed by atoms with Crippen LogP contribution < -0.4 is 5.32 Å². The summed E-state index contributed by atoms with van der Waals surface area (Å²) in [6.45, 7) is 2.15. The van der Waals surface area contributed by atoms with Crippen molar-refractivity contribution in [3.05, 3.63) is 27.4 Å². The van der Waals surface area contributed by atoms with Crippen LogP contribution in [0.25, 0.3) is 0 Å². The van der Waals surface area contributed by atoms with Gasteiger partial charge >= 0.3 is 0 Å². The van der Waals surface area contributed by atoms with Crippen LogP contribution in [0, 0.1) is 16.0 Å². The van der Waals surface area contributed by atoms with Gasteiger partial charge in [0.2, 0.25) is 0 Å². The third kappa shape index (κ3) is 3.06. The maximum absolute atomic E-state index is 10.7. The van der Waals surface area contributed by atoms with Crippen molar-refractivity contribution in [2.24, 2.45) is 5.92 Å². The summed E-state index contributed by atoms with van der Waals surface area (Å²) in [6, 6.07) is 3.07. The first-order valence-electron chi connectivity index (χ1n) is 5.68. The van der Waals surface area contributed by atoms with Crippen molar-refractivity contribution in [1.29, 1.82) is 0 Å². The van der Waals surface area contributed by atoms with Gasteiger partial charge < -0.3 is 5.32 Å². The van der Waals surface area contributed by atoms with E-state index in [1.54, 1.807) is 0 Å². The van der Waals surface area contributed by atoms with Gasteiger partial charge in [0.15, 0.2) is 0 Å². The molecular formula is C11H14ClN3O2. The van der Waals surface area contributed by atoms with E-state index >= 15 is 0 Å². The van der Waals surface area contributed by atoms with Gasteiger partial charge in [-0.1, -0.05) is 24.9 Å². The molecule has 0 aromatic carbocycles. The molecule has 2 atom stereocenters. The number of aromatic nitrogens is 1. The van der Waals surface area contributed by atoms with E-state index < -0.39 is 4.92 Å². The monoisotopic (exact) mass is 255 g/mol. The zero-order valence-corrected chi connectivity index (χ0v) is 10.3. The first kappa shape index (κ1) is 12.1. The second-order valence-electron chi connectivity index (χ2n) is 4.33. The number of hydrogen-bond donors (Lipinski definition) is 1. The third-order valence-corrected chi connectivity index (χ3v) is 3.10. The largest absolute Gasteiger partial charge is 0.367 e. The van der Waals surface area contributed by atoms with Crippen molar-refractivity contribution in [2.75, 3.05) is 5.32 Å². The van der Waals surface area contributed by atoms with E-state index in [1.807, 2.05) is 0 Å². The lowest BCUT2D eigenvalue weighted by Gasteiger charge is -2.05. The molecule has 17 heavy (non-hydrogen) atoms. The number of nitrogens with one attached hydrogen (secondary N) is 1. The molecule has 2 unspecified atom stereocenters. The lowest BCUT2D eigenvalue weighted by atomic mass is 10.2. The van der Waals surface area contributed by atoms with Crippen LogP contribution in [0.15, 0.2) is 12.1 Å². The van der Waals surface area contributed by atoms with E-state index in [1.165, 1.54) is 18.6 Å². The Morgan fingerprint density at radius 3 is 3.06 bits per heavy atom. The summed E-state index contributed by atoms with van der Waals surface area (Å²) in [5.41, 5.74) is -0.0276. The Hall–Kier alpha value is -1.36. The Bertz CT molecular complexity index is 439. The molecule has 0 bridgehead atoms. The van der Waals surface area contributed by atoms with Crippen molar-refractivity contribution in [2.45, 2.75) is 32.2 Å². The average Bonchev–Trinajstić information content (AvgIpc) is 2.96. The fourth-order valence-electron chi connectivity index (χ4n) is 1.97. The number of pyridine rings is 1.